The topological polar surface area (TPSA) is 115 Å². The molecule has 8 nitrogen and oxygen atoms in total. The van der Waals surface area contributed by atoms with E-state index in [4.69, 9.17) is 5.11 Å². The number of aliphatic carboxylic acids is 1. The minimum Gasteiger partial charge on any atom is -0.481 e. The predicted molar refractivity (Wildman–Crippen MR) is 106 cm³/mol. The van der Waals surface area contributed by atoms with E-state index < -0.39 is 17.4 Å². The van der Waals surface area contributed by atoms with Gasteiger partial charge in [0, 0.05) is 19.4 Å². The zero-order valence-corrected chi connectivity index (χ0v) is 16.6. The number of H-pyrrole nitrogens is 1. The van der Waals surface area contributed by atoms with E-state index in [9.17, 15) is 14.4 Å². The molecule has 0 unspecified atom stereocenters. The van der Waals surface area contributed by atoms with Crippen LogP contribution in [0.4, 0.5) is 0 Å². The summed E-state index contributed by atoms with van der Waals surface area (Å²) in [6.07, 6.45) is 1.81. The number of carboxylic acid groups (broad SMARTS) is 1. The quantitative estimate of drug-likeness (QED) is 0.659. The first-order valence-corrected chi connectivity index (χ1v) is 9.59. The van der Waals surface area contributed by atoms with Gasteiger partial charge in [-0.2, -0.15) is 0 Å². The summed E-state index contributed by atoms with van der Waals surface area (Å²) in [7, 11) is 0. The lowest BCUT2D eigenvalue weighted by molar-refractivity contribution is -0.145. The lowest BCUT2D eigenvalue weighted by atomic mass is 9.84. The first-order valence-electron chi connectivity index (χ1n) is 9.59. The Kier molecular flexibility index (Phi) is 6.00. The number of amides is 2. The van der Waals surface area contributed by atoms with E-state index in [2.05, 4.69) is 15.3 Å². The highest BCUT2D eigenvalue weighted by Gasteiger charge is 2.38. The third-order valence-corrected chi connectivity index (χ3v) is 5.09. The molecule has 1 aliphatic heterocycles. The minimum atomic E-state index is -0.950. The molecular weight excluding hydrogens is 372 g/mol. The van der Waals surface area contributed by atoms with E-state index in [-0.39, 0.29) is 31.2 Å². The lowest BCUT2D eigenvalue weighted by Crippen LogP contribution is -2.53. The van der Waals surface area contributed by atoms with Crippen molar-refractivity contribution in [2.75, 3.05) is 0 Å². The normalized spacial score (nSPS) is 16.2. The predicted octanol–water partition coefficient (Wildman–Crippen LogP) is 1.87. The molecule has 0 fully saturated rings. The standard InChI is InChI=1S/C21H26N4O4/c1-21(2,10-19(27)28)9-18(26)25-12-16-15(23-13-24-16)8-17(25)20(29)22-11-14-6-4-3-5-7-14/h3-7,13,17H,8-12H2,1-2H3,(H,22,29)(H,23,24)(H,27,28)/t17-/m0/s1. The number of carbonyl (C=O) groups is 3. The van der Waals surface area contributed by atoms with Crippen molar-refractivity contribution in [3.05, 3.63) is 53.6 Å². The van der Waals surface area contributed by atoms with Crippen molar-refractivity contribution in [1.82, 2.24) is 20.2 Å². The van der Waals surface area contributed by atoms with Crippen LogP contribution in [0.3, 0.4) is 0 Å². The Balaban J connectivity index is 1.74. The second kappa shape index (κ2) is 8.46. The van der Waals surface area contributed by atoms with Gasteiger partial charge in [-0.15, -0.1) is 0 Å². The Hall–Kier alpha value is -3.16. The van der Waals surface area contributed by atoms with E-state index in [0.29, 0.717) is 13.0 Å². The number of fused-ring (bicyclic) bond motifs is 1. The number of aromatic nitrogens is 2. The molecular formula is C21H26N4O4. The van der Waals surface area contributed by atoms with Gasteiger partial charge in [0.05, 0.1) is 30.7 Å². The molecule has 29 heavy (non-hydrogen) atoms. The summed E-state index contributed by atoms with van der Waals surface area (Å²) < 4.78 is 0. The Morgan fingerprint density at radius 1 is 1.24 bits per heavy atom. The van der Waals surface area contributed by atoms with E-state index in [0.717, 1.165) is 17.0 Å². The van der Waals surface area contributed by atoms with Gasteiger partial charge < -0.3 is 20.3 Å². The Labute approximate surface area is 169 Å². The van der Waals surface area contributed by atoms with Gasteiger partial charge in [-0.25, -0.2) is 4.98 Å². The zero-order valence-electron chi connectivity index (χ0n) is 16.6. The first-order chi connectivity index (χ1) is 13.7. The molecule has 3 N–H and O–H groups in total. The summed E-state index contributed by atoms with van der Waals surface area (Å²) in [4.78, 5) is 45.9. The van der Waals surface area contributed by atoms with Crippen molar-refractivity contribution in [1.29, 1.82) is 0 Å². The summed E-state index contributed by atoms with van der Waals surface area (Å²) in [6, 6.07) is 8.87. The minimum absolute atomic E-state index is 0.0469. The number of hydrogen-bond donors (Lipinski definition) is 3. The second-order valence-electron chi connectivity index (χ2n) is 8.18. The van der Waals surface area contributed by atoms with Crippen molar-refractivity contribution in [2.24, 2.45) is 5.41 Å². The van der Waals surface area contributed by atoms with Crippen LogP contribution in [0.15, 0.2) is 36.7 Å². The summed E-state index contributed by atoms with van der Waals surface area (Å²) >= 11 is 0. The SMILES string of the molecule is CC(C)(CC(=O)O)CC(=O)N1Cc2[nH]cnc2C[C@H]1C(=O)NCc1ccccc1. The number of benzene rings is 1. The third-order valence-electron chi connectivity index (χ3n) is 5.09. The summed E-state index contributed by atoms with van der Waals surface area (Å²) in [5, 5.41) is 12.0. The van der Waals surface area contributed by atoms with Gasteiger partial charge in [0.2, 0.25) is 11.8 Å². The second-order valence-corrected chi connectivity index (χ2v) is 8.18. The van der Waals surface area contributed by atoms with Crippen LogP contribution in [-0.4, -0.2) is 43.8 Å². The van der Waals surface area contributed by atoms with Crippen LogP contribution in [0, 0.1) is 5.41 Å². The molecule has 8 heteroatoms. The number of aromatic amines is 1. The molecule has 1 aromatic heterocycles. The molecule has 1 atom stereocenters. The number of rotatable bonds is 7. The molecule has 0 radical (unpaired) electrons. The molecule has 154 valence electrons. The van der Waals surface area contributed by atoms with Crippen LogP contribution in [0.2, 0.25) is 0 Å². The van der Waals surface area contributed by atoms with Gasteiger partial charge in [0.1, 0.15) is 6.04 Å². The molecule has 0 saturated carbocycles. The molecule has 2 aromatic rings. The third kappa shape index (κ3) is 5.22. The molecule has 1 aliphatic rings. The Bertz CT molecular complexity index is 891. The molecule has 3 rings (SSSR count). The average Bonchev–Trinajstić information content (AvgIpc) is 3.12. The molecule has 1 aromatic carbocycles. The molecule has 2 heterocycles. The van der Waals surface area contributed by atoms with Gasteiger partial charge in [0.25, 0.3) is 0 Å². The molecule has 2 amide bonds. The maximum absolute atomic E-state index is 13.0. The molecule has 0 spiro atoms. The number of carboxylic acids is 1. The van der Waals surface area contributed by atoms with Gasteiger partial charge in [0.15, 0.2) is 0 Å². The average molecular weight is 398 g/mol. The van der Waals surface area contributed by atoms with Crippen LogP contribution in [-0.2, 0) is 33.9 Å². The van der Waals surface area contributed by atoms with E-state index in [1.165, 1.54) is 4.90 Å². The maximum Gasteiger partial charge on any atom is 0.303 e. The number of nitrogens with zero attached hydrogens (tertiary/aromatic N) is 2. The van der Waals surface area contributed by atoms with Gasteiger partial charge in [-0.3, -0.25) is 14.4 Å². The lowest BCUT2D eigenvalue weighted by Gasteiger charge is -2.36. The smallest absolute Gasteiger partial charge is 0.303 e. The number of imidazole rings is 1. The highest BCUT2D eigenvalue weighted by atomic mass is 16.4. The maximum atomic E-state index is 13.0. The summed E-state index contributed by atoms with van der Waals surface area (Å²) in [6.45, 7) is 4.11. The number of hydrogen-bond acceptors (Lipinski definition) is 4. The fourth-order valence-corrected chi connectivity index (χ4v) is 3.62. The van der Waals surface area contributed by atoms with Crippen LogP contribution >= 0.6 is 0 Å². The highest BCUT2D eigenvalue weighted by Crippen LogP contribution is 2.29. The summed E-state index contributed by atoms with van der Waals surface area (Å²) in [5.41, 5.74) is 1.85. The van der Waals surface area contributed by atoms with Crippen LogP contribution in [0.1, 0.15) is 43.6 Å². The van der Waals surface area contributed by atoms with Gasteiger partial charge >= 0.3 is 5.97 Å². The van der Waals surface area contributed by atoms with Crippen LogP contribution in [0.25, 0.3) is 0 Å². The highest BCUT2D eigenvalue weighted by molar-refractivity contribution is 5.88. The zero-order chi connectivity index (χ0) is 21.0. The largest absolute Gasteiger partial charge is 0.481 e. The molecule has 0 saturated heterocycles. The van der Waals surface area contributed by atoms with E-state index in [1.807, 2.05) is 30.3 Å². The van der Waals surface area contributed by atoms with Gasteiger partial charge in [-0.05, 0) is 11.0 Å². The van der Waals surface area contributed by atoms with Crippen molar-refractivity contribution in [3.63, 3.8) is 0 Å². The van der Waals surface area contributed by atoms with Crippen molar-refractivity contribution in [2.45, 2.75) is 52.2 Å². The molecule has 0 aliphatic carbocycles. The van der Waals surface area contributed by atoms with Crippen molar-refractivity contribution in [3.8, 4) is 0 Å². The monoisotopic (exact) mass is 398 g/mol. The van der Waals surface area contributed by atoms with Gasteiger partial charge in [-0.1, -0.05) is 44.2 Å². The van der Waals surface area contributed by atoms with Crippen LogP contribution in [0.5, 0.6) is 0 Å². The van der Waals surface area contributed by atoms with Crippen molar-refractivity contribution < 1.29 is 19.5 Å². The Morgan fingerprint density at radius 3 is 2.66 bits per heavy atom. The van der Waals surface area contributed by atoms with Crippen LogP contribution < -0.4 is 5.32 Å². The van der Waals surface area contributed by atoms with E-state index in [1.54, 1.807) is 20.2 Å². The first kappa shape index (κ1) is 20.6. The fraction of sp³-hybridized carbons (Fsp3) is 0.429. The number of carbonyl (C=O) groups excluding carboxylic acids is 2. The Morgan fingerprint density at radius 2 is 1.97 bits per heavy atom. The van der Waals surface area contributed by atoms with E-state index >= 15 is 0 Å². The van der Waals surface area contributed by atoms with Crippen molar-refractivity contribution >= 4 is 17.8 Å². The summed E-state index contributed by atoms with van der Waals surface area (Å²) in [5.74, 6) is -1.43. The fourth-order valence-electron chi connectivity index (χ4n) is 3.62. The molecule has 0 bridgehead atoms. The number of nitrogens with one attached hydrogen (secondary N) is 2.